The molecule has 0 saturated heterocycles. The van der Waals surface area contributed by atoms with E-state index in [9.17, 15) is 21.6 Å². The Morgan fingerprint density at radius 1 is 1.08 bits per heavy atom. The Kier molecular flexibility index (Phi) is 5.69. The Labute approximate surface area is 145 Å². The topological polar surface area (TPSA) is 46.2 Å². The number of aryl methyl sites for hydroxylation is 1. The average Bonchev–Trinajstić information content (AvgIpc) is 2.55. The summed E-state index contributed by atoms with van der Waals surface area (Å²) >= 11 is 0. The molecule has 7 heteroatoms. The molecule has 25 heavy (non-hydrogen) atoms. The lowest BCUT2D eigenvalue weighted by Crippen LogP contribution is -2.32. The molecule has 0 saturated carbocycles. The van der Waals surface area contributed by atoms with Crippen LogP contribution in [0.1, 0.15) is 17.0 Å². The van der Waals surface area contributed by atoms with Crippen molar-refractivity contribution in [2.24, 2.45) is 0 Å². The van der Waals surface area contributed by atoms with E-state index in [0.717, 1.165) is 5.56 Å². The molecule has 0 aliphatic rings. The Morgan fingerprint density at radius 3 is 2.16 bits per heavy atom. The highest BCUT2D eigenvalue weighted by Crippen LogP contribution is 2.35. The van der Waals surface area contributed by atoms with Gasteiger partial charge in [-0.2, -0.15) is 13.2 Å². The smallest absolute Gasteiger partial charge is 0.210 e. The van der Waals surface area contributed by atoms with Crippen LogP contribution in [0.4, 0.5) is 13.2 Å². The van der Waals surface area contributed by atoms with Gasteiger partial charge in [-0.3, -0.25) is 0 Å². The minimum absolute atomic E-state index is 0.00234. The van der Waals surface area contributed by atoms with Crippen molar-refractivity contribution in [1.82, 2.24) is 4.72 Å². The molecule has 0 bridgehead atoms. The van der Waals surface area contributed by atoms with Gasteiger partial charge in [0.2, 0.25) is 10.0 Å². The van der Waals surface area contributed by atoms with E-state index < -0.39 is 34.2 Å². The van der Waals surface area contributed by atoms with E-state index in [0.29, 0.717) is 5.56 Å². The second kappa shape index (κ2) is 7.41. The van der Waals surface area contributed by atoms with Crippen LogP contribution >= 0.6 is 0 Å². The van der Waals surface area contributed by atoms with Crippen molar-refractivity contribution in [2.45, 2.75) is 23.9 Å². The minimum Gasteiger partial charge on any atom is -0.210 e. The van der Waals surface area contributed by atoms with E-state index in [1.807, 2.05) is 6.92 Å². The summed E-state index contributed by atoms with van der Waals surface area (Å²) in [5.41, 5.74) is 0.230. The van der Waals surface area contributed by atoms with Crippen molar-refractivity contribution >= 4 is 10.0 Å². The van der Waals surface area contributed by atoms with Crippen LogP contribution < -0.4 is 4.72 Å². The zero-order chi connectivity index (χ0) is 18.7. The number of nitrogens with one attached hydrogen (secondary N) is 1. The predicted molar refractivity (Wildman–Crippen MR) is 90.7 cm³/mol. The maximum absolute atomic E-state index is 13.1. The lowest BCUT2D eigenvalue weighted by molar-refractivity contribution is -0.0953. The van der Waals surface area contributed by atoms with Gasteiger partial charge in [0.05, 0.1) is 4.90 Å². The molecule has 3 nitrogen and oxygen atoms in total. The number of benzene rings is 2. The third-order valence-corrected chi connectivity index (χ3v) is 5.23. The summed E-state index contributed by atoms with van der Waals surface area (Å²) in [4.78, 5) is 0.00234. The van der Waals surface area contributed by atoms with Crippen LogP contribution in [0.5, 0.6) is 0 Å². The highest BCUT2D eigenvalue weighted by molar-refractivity contribution is 7.89. The summed E-state index contributed by atoms with van der Waals surface area (Å²) in [6.07, 6.45) is -4.62. The standard InChI is InChI=1S/C18H18F3NO2S/c1-13-8-10-16(11-9-13)25(23,24)22-12-17(14(2)18(19,20)21)15-6-4-3-5-7-15/h3-11,17,22H,2,12H2,1H3. The van der Waals surface area contributed by atoms with Gasteiger partial charge in [0.1, 0.15) is 0 Å². The van der Waals surface area contributed by atoms with Gasteiger partial charge >= 0.3 is 6.18 Å². The molecule has 134 valence electrons. The van der Waals surface area contributed by atoms with Crippen LogP contribution in [0, 0.1) is 6.92 Å². The molecule has 0 heterocycles. The second-order valence-corrected chi connectivity index (χ2v) is 7.42. The summed E-state index contributed by atoms with van der Waals surface area (Å²) in [7, 11) is -3.92. The zero-order valence-corrected chi connectivity index (χ0v) is 14.4. The maximum atomic E-state index is 13.1. The first-order chi connectivity index (χ1) is 11.6. The predicted octanol–water partition coefficient (Wildman–Crippen LogP) is 4.18. The molecular weight excluding hydrogens is 351 g/mol. The van der Waals surface area contributed by atoms with Crippen LogP contribution in [-0.2, 0) is 10.0 Å². The highest BCUT2D eigenvalue weighted by Gasteiger charge is 2.38. The number of rotatable bonds is 6. The lowest BCUT2D eigenvalue weighted by Gasteiger charge is -2.22. The van der Waals surface area contributed by atoms with Gasteiger partial charge in [-0.1, -0.05) is 54.6 Å². The Morgan fingerprint density at radius 2 is 1.64 bits per heavy atom. The number of hydrogen-bond donors (Lipinski definition) is 1. The van der Waals surface area contributed by atoms with Crippen molar-refractivity contribution in [1.29, 1.82) is 0 Å². The number of hydrogen-bond acceptors (Lipinski definition) is 2. The SMILES string of the molecule is C=C(C(CNS(=O)(=O)c1ccc(C)cc1)c1ccccc1)C(F)(F)F. The van der Waals surface area contributed by atoms with E-state index >= 15 is 0 Å². The molecule has 0 aliphatic carbocycles. The van der Waals surface area contributed by atoms with Crippen LogP contribution in [0.3, 0.4) is 0 Å². The Bertz CT molecular complexity index is 829. The summed E-state index contributed by atoms with van der Waals surface area (Å²) in [6, 6.07) is 14.0. The lowest BCUT2D eigenvalue weighted by atomic mass is 9.92. The Hall–Kier alpha value is -2.12. The van der Waals surface area contributed by atoms with E-state index in [-0.39, 0.29) is 4.90 Å². The van der Waals surface area contributed by atoms with Gasteiger partial charge in [-0.05, 0) is 24.6 Å². The first-order valence-electron chi connectivity index (χ1n) is 7.48. The monoisotopic (exact) mass is 369 g/mol. The van der Waals surface area contributed by atoms with Gasteiger partial charge in [0.15, 0.2) is 0 Å². The van der Waals surface area contributed by atoms with Crippen LogP contribution in [0.15, 0.2) is 71.6 Å². The molecule has 1 N–H and O–H groups in total. The molecule has 0 amide bonds. The summed E-state index contributed by atoms with van der Waals surface area (Å²) in [5.74, 6) is -1.21. The molecule has 0 fully saturated rings. The molecule has 0 aromatic heterocycles. The Balaban J connectivity index is 2.25. The van der Waals surface area contributed by atoms with Crippen molar-refractivity contribution < 1.29 is 21.6 Å². The molecule has 0 aliphatic heterocycles. The fraction of sp³-hybridized carbons (Fsp3) is 0.222. The van der Waals surface area contributed by atoms with Crippen molar-refractivity contribution in [2.75, 3.05) is 6.54 Å². The minimum atomic E-state index is -4.62. The van der Waals surface area contributed by atoms with Gasteiger partial charge < -0.3 is 0 Å². The highest BCUT2D eigenvalue weighted by atomic mass is 32.2. The van der Waals surface area contributed by atoms with Gasteiger partial charge in [-0.25, -0.2) is 13.1 Å². The van der Waals surface area contributed by atoms with Crippen molar-refractivity contribution in [3.8, 4) is 0 Å². The quantitative estimate of drug-likeness (QED) is 0.777. The molecular formula is C18H18F3NO2S. The largest absolute Gasteiger partial charge is 0.412 e. The van der Waals surface area contributed by atoms with E-state index in [2.05, 4.69) is 11.3 Å². The van der Waals surface area contributed by atoms with Gasteiger partial charge in [-0.15, -0.1) is 0 Å². The zero-order valence-electron chi connectivity index (χ0n) is 13.5. The van der Waals surface area contributed by atoms with Gasteiger partial charge in [0.25, 0.3) is 0 Å². The summed E-state index contributed by atoms with van der Waals surface area (Å²) in [6.45, 7) is 4.50. The fourth-order valence-corrected chi connectivity index (χ4v) is 3.37. The summed E-state index contributed by atoms with van der Waals surface area (Å²) in [5, 5.41) is 0. The second-order valence-electron chi connectivity index (χ2n) is 5.65. The number of halogens is 3. The molecule has 1 unspecified atom stereocenters. The van der Waals surface area contributed by atoms with Crippen LogP contribution in [-0.4, -0.2) is 21.1 Å². The molecule has 2 aromatic carbocycles. The number of alkyl halides is 3. The molecule has 2 rings (SSSR count). The average molecular weight is 369 g/mol. The van der Waals surface area contributed by atoms with Crippen LogP contribution in [0.25, 0.3) is 0 Å². The fourth-order valence-electron chi connectivity index (χ4n) is 2.32. The van der Waals surface area contributed by atoms with Crippen molar-refractivity contribution in [3.05, 3.63) is 77.9 Å². The molecule has 0 spiro atoms. The summed E-state index contributed by atoms with van der Waals surface area (Å²) < 4.78 is 66.2. The number of sulfonamides is 1. The maximum Gasteiger partial charge on any atom is 0.412 e. The van der Waals surface area contributed by atoms with E-state index in [1.54, 1.807) is 30.3 Å². The molecule has 1 atom stereocenters. The third-order valence-electron chi connectivity index (χ3n) is 3.80. The van der Waals surface area contributed by atoms with Crippen molar-refractivity contribution in [3.63, 3.8) is 0 Å². The van der Waals surface area contributed by atoms with E-state index in [4.69, 9.17) is 0 Å². The molecule has 0 radical (unpaired) electrons. The first kappa shape index (κ1) is 19.2. The van der Waals surface area contributed by atoms with E-state index in [1.165, 1.54) is 24.3 Å². The van der Waals surface area contributed by atoms with Gasteiger partial charge in [0, 0.05) is 18.0 Å². The first-order valence-corrected chi connectivity index (χ1v) is 8.97. The third kappa shape index (κ3) is 4.93. The van der Waals surface area contributed by atoms with Crippen LogP contribution in [0.2, 0.25) is 0 Å². The normalized spacial score (nSPS) is 13.4. The molecule has 2 aromatic rings.